The molecule has 3 N–H and O–H groups in total. The highest BCUT2D eigenvalue weighted by atomic mass is 16.2. The number of aromatic nitrogens is 2. The molecule has 0 radical (unpaired) electrons. The molecule has 6 heteroatoms. The molecule has 1 saturated heterocycles. The summed E-state index contributed by atoms with van der Waals surface area (Å²) < 4.78 is 1.83. The van der Waals surface area contributed by atoms with Crippen LogP contribution < -0.4 is 11.1 Å². The van der Waals surface area contributed by atoms with E-state index in [1.807, 2.05) is 30.1 Å². The van der Waals surface area contributed by atoms with Crippen molar-refractivity contribution in [3.05, 3.63) is 30.0 Å². The van der Waals surface area contributed by atoms with Crippen LogP contribution in [0.2, 0.25) is 0 Å². The van der Waals surface area contributed by atoms with Gasteiger partial charge < -0.3 is 16.0 Å². The third kappa shape index (κ3) is 2.47. The number of fused-ring (bicyclic) bond motifs is 1. The van der Waals surface area contributed by atoms with Gasteiger partial charge >= 0.3 is 6.03 Å². The molecule has 1 aromatic heterocycles. The van der Waals surface area contributed by atoms with Gasteiger partial charge in [0.25, 0.3) is 0 Å². The van der Waals surface area contributed by atoms with Crippen LogP contribution in [0.5, 0.6) is 0 Å². The second kappa shape index (κ2) is 5.37. The highest BCUT2D eigenvalue weighted by Crippen LogP contribution is 2.29. The van der Waals surface area contributed by atoms with Gasteiger partial charge in [0.1, 0.15) is 0 Å². The zero-order chi connectivity index (χ0) is 15.0. The van der Waals surface area contributed by atoms with Gasteiger partial charge in [-0.1, -0.05) is 19.1 Å². The Morgan fingerprint density at radius 1 is 1.52 bits per heavy atom. The van der Waals surface area contributed by atoms with Crippen molar-refractivity contribution in [2.75, 3.05) is 19.6 Å². The van der Waals surface area contributed by atoms with Gasteiger partial charge in [0.15, 0.2) is 0 Å². The Balaban J connectivity index is 1.98. The predicted molar refractivity (Wildman–Crippen MR) is 82.1 cm³/mol. The SMILES string of the molecule is C[C@H](c1cccc2nn(C)cc12)C1CNCCN1C(N)=O. The molecule has 112 valence electrons. The molecule has 0 saturated carbocycles. The Bertz CT molecular complexity index is 665. The average Bonchev–Trinajstić information content (AvgIpc) is 2.86. The lowest BCUT2D eigenvalue weighted by Crippen LogP contribution is -2.57. The van der Waals surface area contributed by atoms with Crippen LogP contribution in [-0.4, -0.2) is 46.4 Å². The molecule has 3 rings (SSSR count). The van der Waals surface area contributed by atoms with Crippen molar-refractivity contribution in [3.63, 3.8) is 0 Å². The number of hydrogen-bond acceptors (Lipinski definition) is 3. The second-order valence-electron chi connectivity index (χ2n) is 5.67. The van der Waals surface area contributed by atoms with Crippen molar-refractivity contribution >= 4 is 16.9 Å². The van der Waals surface area contributed by atoms with E-state index in [-0.39, 0.29) is 18.0 Å². The van der Waals surface area contributed by atoms with Crippen molar-refractivity contribution in [2.45, 2.75) is 18.9 Å². The third-order valence-electron chi connectivity index (χ3n) is 4.33. The van der Waals surface area contributed by atoms with E-state index < -0.39 is 0 Å². The van der Waals surface area contributed by atoms with Crippen molar-refractivity contribution in [1.29, 1.82) is 0 Å². The quantitative estimate of drug-likeness (QED) is 0.866. The maximum absolute atomic E-state index is 11.7. The van der Waals surface area contributed by atoms with Gasteiger partial charge in [-0.05, 0) is 11.6 Å². The summed E-state index contributed by atoms with van der Waals surface area (Å²) in [6.45, 7) is 4.37. The zero-order valence-corrected chi connectivity index (χ0v) is 12.4. The number of rotatable bonds is 2. The normalized spacial score (nSPS) is 20.7. The number of hydrogen-bond donors (Lipinski definition) is 2. The monoisotopic (exact) mass is 287 g/mol. The third-order valence-corrected chi connectivity index (χ3v) is 4.33. The summed E-state index contributed by atoms with van der Waals surface area (Å²) in [6.07, 6.45) is 2.03. The number of carbonyl (C=O) groups excluding carboxylic acids is 1. The molecule has 0 aliphatic carbocycles. The van der Waals surface area contributed by atoms with Crippen LogP contribution in [0.15, 0.2) is 24.4 Å². The van der Waals surface area contributed by atoms with Crippen molar-refractivity contribution < 1.29 is 4.79 Å². The average molecular weight is 287 g/mol. The molecular weight excluding hydrogens is 266 g/mol. The maximum Gasteiger partial charge on any atom is 0.315 e. The van der Waals surface area contributed by atoms with Gasteiger partial charge in [-0.3, -0.25) is 4.68 Å². The maximum atomic E-state index is 11.7. The lowest BCUT2D eigenvalue weighted by Gasteiger charge is -2.38. The topological polar surface area (TPSA) is 76.2 Å². The molecule has 1 aliphatic rings. The molecule has 2 atom stereocenters. The molecular formula is C15H21N5O. The van der Waals surface area contributed by atoms with Crippen LogP contribution in [0.25, 0.3) is 10.9 Å². The molecule has 2 heterocycles. The molecule has 1 fully saturated rings. The lowest BCUT2D eigenvalue weighted by molar-refractivity contribution is 0.156. The smallest absolute Gasteiger partial charge is 0.315 e. The highest BCUT2D eigenvalue weighted by molar-refractivity contribution is 5.82. The Morgan fingerprint density at radius 2 is 2.33 bits per heavy atom. The number of piperazine rings is 1. The number of nitrogens with two attached hydrogens (primary N) is 1. The molecule has 1 aliphatic heterocycles. The van der Waals surface area contributed by atoms with E-state index in [0.717, 1.165) is 24.0 Å². The molecule has 0 bridgehead atoms. The number of nitrogens with one attached hydrogen (secondary N) is 1. The van der Waals surface area contributed by atoms with E-state index in [1.165, 1.54) is 5.56 Å². The first-order valence-corrected chi connectivity index (χ1v) is 7.27. The predicted octanol–water partition coefficient (Wildman–Crippen LogP) is 1.03. The number of aryl methyl sites for hydroxylation is 1. The summed E-state index contributed by atoms with van der Waals surface area (Å²) in [6, 6.07) is 5.87. The first-order chi connectivity index (χ1) is 10.1. The largest absolute Gasteiger partial charge is 0.351 e. The Hall–Kier alpha value is -2.08. The van der Waals surface area contributed by atoms with Crippen molar-refractivity contribution in [1.82, 2.24) is 20.0 Å². The van der Waals surface area contributed by atoms with Gasteiger partial charge in [-0.25, -0.2) is 4.79 Å². The standard InChI is InChI=1S/C15H21N5O/c1-10(14-8-17-6-7-20(14)15(16)21)11-4-3-5-13-12(11)9-19(2)18-13/h3-5,9-10,14,17H,6-8H2,1-2H3,(H2,16,21)/t10-,14?/m1/s1. The van der Waals surface area contributed by atoms with Crippen LogP contribution in [-0.2, 0) is 7.05 Å². The zero-order valence-electron chi connectivity index (χ0n) is 12.4. The number of carbonyl (C=O) groups is 1. The van der Waals surface area contributed by atoms with E-state index >= 15 is 0 Å². The minimum atomic E-state index is -0.341. The molecule has 2 amide bonds. The van der Waals surface area contributed by atoms with E-state index in [2.05, 4.69) is 23.4 Å². The number of benzene rings is 1. The van der Waals surface area contributed by atoms with Crippen molar-refractivity contribution in [2.24, 2.45) is 12.8 Å². The van der Waals surface area contributed by atoms with Crippen LogP contribution in [0.3, 0.4) is 0 Å². The lowest BCUT2D eigenvalue weighted by atomic mass is 9.89. The molecule has 1 aromatic carbocycles. The summed E-state index contributed by atoms with van der Waals surface area (Å²) in [5, 5.41) is 8.95. The number of amides is 2. The van der Waals surface area contributed by atoms with Gasteiger partial charge in [-0.15, -0.1) is 0 Å². The summed E-state index contributed by atoms with van der Waals surface area (Å²) in [5.74, 6) is 0.193. The van der Waals surface area contributed by atoms with E-state index in [1.54, 1.807) is 4.90 Å². The highest BCUT2D eigenvalue weighted by Gasteiger charge is 2.31. The first kappa shape index (κ1) is 13.9. The molecule has 6 nitrogen and oxygen atoms in total. The minimum absolute atomic E-state index is 0.0713. The number of primary amides is 1. The summed E-state index contributed by atoms with van der Waals surface area (Å²) in [5.41, 5.74) is 7.72. The number of nitrogens with zero attached hydrogens (tertiary/aromatic N) is 3. The Labute approximate surface area is 123 Å². The van der Waals surface area contributed by atoms with Crippen molar-refractivity contribution in [3.8, 4) is 0 Å². The Kier molecular flexibility index (Phi) is 3.55. The second-order valence-corrected chi connectivity index (χ2v) is 5.67. The Morgan fingerprint density at radius 3 is 3.10 bits per heavy atom. The number of urea groups is 1. The summed E-state index contributed by atoms with van der Waals surface area (Å²) in [4.78, 5) is 13.4. The molecule has 21 heavy (non-hydrogen) atoms. The van der Waals surface area contributed by atoms with Crippen LogP contribution in [0.4, 0.5) is 4.79 Å². The molecule has 0 spiro atoms. The van der Waals surface area contributed by atoms with Crippen LogP contribution in [0, 0.1) is 0 Å². The van der Waals surface area contributed by atoms with Gasteiger partial charge in [-0.2, -0.15) is 5.10 Å². The summed E-state index contributed by atoms with van der Waals surface area (Å²) in [7, 11) is 1.92. The van der Waals surface area contributed by atoms with E-state index in [9.17, 15) is 4.79 Å². The first-order valence-electron chi connectivity index (χ1n) is 7.27. The fourth-order valence-corrected chi connectivity index (χ4v) is 3.23. The van der Waals surface area contributed by atoms with E-state index in [4.69, 9.17) is 5.73 Å². The fraction of sp³-hybridized carbons (Fsp3) is 0.467. The molecule has 1 unspecified atom stereocenters. The van der Waals surface area contributed by atoms with Gasteiger partial charge in [0.05, 0.1) is 11.6 Å². The van der Waals surface area contributed by atoms with Crippen LogP contribution >= 0.6 is 0 Å². The minimum Gasteiger partial charge on any atom is -0.351 e. The fourth-order valence-electron chi connectivity index (χ4n) is 3.23. The van der Waals surface area contributed by atoms with E-state index in [0.29, 0.717) is 6.54 Å². The van der Waals surface area contributed by atoms with Gasteiger partial charge in [0.2, 0.25) is 0 Å². The summed E-state index contributed by atoms with van der Waals surface area (Å²) >= 11 is 0. The molecule has 2 aromatic rings. The van der Waals surface area contributed by atoms with Gasteiger partial charge in [0, 0.05) is 44.2 Å². The van der Waals surface area contributed by atoms with Crippen LogP contribution in [0.1, 0.15) is 18.4 Å².